The zero-order valence-electron chi connectivity index (χ0n) is 11.9. The molecule has 0 heterocycles. The lowest BCUT2D eigenvalue weighted by Crippen LogP contribution is -2.32. The minimum absolute atomic E-state index is 0.0329. The third kappa shape index (κ3) is 5.84. The van der Waals surface area contributed by atoms with E-state index < -0.39 is 0 Å². The van der Waals surface area contributed by atoms with Crippen LogP contribution in [0.2, 0.25) is 0 Å². The molecule has 0 radical (unpaired) electrons. The summed E-state index contributed by atoms with van der Waals surface area (Å²) in [6, 6.07) is 7.61. The van der Waals surface area contributed by atoms with Crippen molar-refractivity contribution in [1.29, 1.82) is 0 Å². The summed E-state index contributed by atoms with van der Waals surface area (Å²) in [5.74, 6) is -0.122. The van der Waals surface area contributed by atoms with Gasteiger partial charge in [0.15, 0.2) is 0 Å². The van der Waals surface area contributed by atoms with E-state index >= 15 is 0 Å². The number of benzene rings is 1. The lowest BCUT2D eigenvalue weighted by atomic mass is 10.0. The summed E-state index contributed by atoms with van der Waals surface area (Å²) in [4.78, 5) is 23.2. The Bertz CT molecular complexity index is 446. The Kier molecular flexibility index (Phi) is 7.35. The van der Waals surface area contributed by atoms with Crippen LogP contribution in [0.5, 0.6) is 0 Å². The van der Waals surface area contributed by atoms with Crippen molar-refractivity contribution >= 4 is 11.8 Å². The molecule has 110 valence electrons. The highest BCUT2D eigenvalue weighted by molar-refractivity contribution is 5.80. The summed E-state index contributed by atoms with van der Waals surface area (Å²) in [5, 5.41) is 5.52. The van der Waals surface area contributed by atoms with Crippen LogP contribution in [0.25, 0.3) is 0 Å². The number of amides is 2. The molecule has 1 aromatic carbocycles. The van der Waals surface area contributed by atoms with Gasteiger partial charge in [0, 0.05) is 26.1 Å². The average Bonchev–Trinajstić information content (AvgIpc) is 2.45. The zero-order valence-corrected chi connectivity index (χ0v) is 11.9. The quantitative estimate of drug-likeness (QED) is 0.654. The third-order valence-corrected chi connectivity index (χ3v) is 2.94. The molecule has 0 spiro atoms. The second-order valence-corrected chi connectivity index (χ2v) is 4.60. The van der Waals surface area contributed by atoms with Crippen molar-refractivity contribution < 1.29 is 9.59 Å². The van der Waals surface area contributed by atoms with Crippen molar-refractivity contribution in [3.05, 3.63) is 35.4 Å². The molecule has 0 bridgehead atoms. The lowest BCUT2D eigenvalue weighted by molar-refractivity contribution is -0.122. The van der Waals surface area contributed by atoms with Gasteiger partial charge >= 0.3 is 0 Å². The molecule has 4 N–H and O–H groups in total. The van der Waals surface area contributed by atoms with Crippen LogP contribution in [-0.4, -0.2) is 24.9 Å². The lowest BCUT2D eigenvalue weighted by Gasteiger charge is -2.08. The normalized spacial score (nSPS) is 10.1. The van der Waals surface area contributed by atoms with Gasteiger partial charge in [0.25, 0.3) is 0 Å². The van der Waals surface area contributed by atoms with Gasteiger partial charge in [-0.3, -0.25) is 9.59 Å². The standard InChI is InChI=1S/C15H23N3O2/c1-2-8-17-14(19)7-9-18-15(20)10-12-5-3-4-6-13(12)11-16/h3-6H,2,7-11,16H2,1H3,(H,17,19)(H,18,20). The van der Waals surface area contributed by atoms with Gasteiger partial charge in [0.2, 0.25) is 11.8 Å². The highest BCUT2D eigenvalue weighted by atomic mass is 16.2. The molecule has 1 rings (SSSR count). The van der Waals surface area contributed by atoms with E-state index in [0.717, 1.165) is 17.5 Å². The highest BCUT2D eigenvalue weighted by Gasteiger charge is 2.07. The molecule has 1 aromatic rings. The van der Waals surface area contributed by atoms with Gasteiger partial charge in [-0.2, -0.15) is 0 Å². The molecule has 0 aromatic heterocycles. The maximum atomic E-state index is 11.8. The van der Waals surface area contributed by atoms with Crippen molar-refractivity contribution in [3.63, 3.8) is 0 Å². The van der Waals surface area contributed by atoms with Gasteiger partial charge in [0.1, 0.15) is 0 Å². The predicted molar refractivity (Wildman–Crippen MR) is 79.0 cm³/mol. The molecule has 0 saturated carbocycles. The largest absolute Gasteiger partial charge is 0.356 e. The molecular weight excluding hydrogens is 254 g/mol. The number of nitrogens with two attached hydrogens (primary N) is 1. The topological polar surface area (TPSA) is 84.2 Å². The fraction of sp³-hybridized carbons (Fsp3) is 0.467. The van der Waals surface area contributed by atoms with Crippen LogP contribution in [-0.2, 0) is 22.6 Å². The van der Waals surface area contributed by atoms with E-state index in [2.05, 4.69) is 10.6 Å². The predicted octanol–water partition coefficient (Wildman–Crippen LogP) is 0.720. The first kappa shape index (κ1) is 16.2. The Morgan fingerprint density at radius 2 is 1.70 bits per heavy atom. The number of hydrogen-bond acceptors (Lipinski definition) is 3. The van der Waals surface area contributed by atoms with Crippen molar-refractivity contribution in [2.24, 2.45) is 5.73 Å². The van der Waals surface area contributed by atoms with E-state index in [1.165, 1.54) is 0 Å². The van der Waals surface area contributed by atoms with Gasteiger partial charge in [-0.15, -0.1) is 0 Å². The summed E-state index contributed by atoms with van der Waals surface area (Å²) >= 11 is 0. The molecule has 5 nitrogen and oxygen atoms in total. The van der Waals surface area contributed by atoms with E-state index in [0.29, 0.717) is 32.5 Å². The van der Waals surface area contributed by atoms with E-state index in [1.807, 2.05) is 31.2 Å². The van der Waals surface area contributed by atoms with Crippen LogP contribution < -0.4 is 16.4 Å². The fourth-order valence-electron chi connectivity index (χ4n) is 1.83. The molecule has 0 aliphatic heterocycles. The summed E-state index contributed by atoms with van der Waals surface area (Å²) in [7, 11) is 0. The zero-order chi connectivity index (χ0) is 14.8. The first-order chi connectivity index (χ1) is 9.67. The molecule has 0 aliphatic rings. The van der Waals surface area contributed by atoms with Crippen LogP contribution in [0.15, 0.2) is 24.3 Å². The monoisotopic (exact) mass is 277 g/mol. The molecule has 0 unspecified atom stereocenters. The van der Waals surface area contributed by atoms with Crippen LogP contribution in [0, 0.1) is 0 Å². The molecule has 5 heteroatoms. The Balaban J connectivity index is 2.31. The van der Waals surface area contributed by atoms with Gasteiger partial charge in [-0.1, -0.05) is 31.2 Å². The van der Waals surface area contributed by atoms with Crippen LogP contribution in [0.1, 0.15) is 30.9 Å². The molecule has 0 fully saturated rings. The van der Waals surface area contributed by atoms with Gasteiger partial charge in [-0.25, -0.2) is 0 Å². The Morgan fingerprint density at radius 1 is 1.05 bits per heavy atom. The van der Waals surface area contributed by atoms with Crippen molar-refractivity contribution in [2.75, 3.05) is 13.1 Å². The molecule has 0 atom stereocenters. The van der Waals surface area contributed by atoms with E-state index in [4.69, 9.17) is 5.73 Å². The van der Waals surface area contributed by atoms with Gasteiger partial charge < -0.3 is 16.4 Å². The smallest absolute Gasteiger partial charge is 0.224 e. The van der Waals surface area contributed by atoms with Crippen LogP contribution >= 0.6 is 0 Å². The van der Waals surface area contributed by atoms with E-state index in [9.17, 15) is 9.59 Å². The minimum atomic E-state index is -0.0887. The molecule has 0 aliphatic carbocycles. The van der Waals surface area contributed by atoms with Gasteiger partial charge in [0.05, 0.1) is 6.42 Å². The van der Waals surface area contributed by atoms with Crippen LogP contribution in [0.3, 0.4) is 0 Å². The maximum Gasteiger partial charge on any atom is 0.224 e. The van der Waals surface area contributed by atoms with Crippen LogP contribution in [0.4, 0.5) is 0 Å². The summed E-state index contributed by atoms with van der Waals surface area (Å²) < 4.78 is 0. The Hall–Kier alpha value is -1.88. The Labute approximate surface area is 119 Å². The van der Waals surface area contributed by atoms with Crippen molar-refractivity contribution in [1.82, 2.24) is 10.6 Å². The van der Waals surface area contributed by atoms with Crippen molar-refractivity contribution in [3.8, 4) is 0 Å². The number of hydrogen-bond donors (Lipinski definition) is 3. The maximum absolute atomic E-state index is 11.8. The first-order valence-electron chi connectivity index (χ1n) is 6.97. The van der Waals surface area contributed by atoms with Crippen molar-refractivity contribution in [2.45, 2.75) is 32.7 Å². The third-order valence-electron chi connectivity index (χ3n) is 2.94. The molecule has 20 heavy (non-hydrogen) atoms. The second-order valence-electron chi connectivity index (χ2n) is 4.60. The van der Waals surface area contributed by atoms with E-state index in [1.54, 1.807) is 0 Å². The summed E-state index contributed by atoms with van der Waals surface area (Å²) in [6.45, 7) is 3.45. The molecular formula is C15H23N3O2. The van der Waals surface area contributed by atoms with Gasteiger partial charge in [-0.05, 0) is 17.5 Å². The Morgan fingerprint density at radius 3 is 2.35 bits per heavy atom. The SMILES string of the molecule is CCCNC(=O)CCNC(=O)Cc1ccccc1CN. The fourth-order valence-corrected chi connectivity index (χ4v) is 1.83. The molecule has 2 amide bonds. The average molecular weight is 277 g/mol. The number of carbonyl (C=O) groups excluding carboxylic acids is 2. The number of carbonyl (C=O) groups is 2. The molecule has 0 saturated heterocycles. The summed E-state index contributed by atoms with van der Waals surface area (Å²) in [6.07, 6.45) is 1.52. The highest BCUT2D eigenvalue weighted by Crippen LogP contribution is 2.08. The second kappa shape index (κ2) is 9.09. The minimum Gasteiger partial charge on any atom is -0.356 e. The number of nitrogens with one attached hydrogen (secondary N) is 2. The first-order valence-corrected chi connectivity index (χ1v) is 6.97. The summed E-state index contributed by atoms with van der Waals surface area (Å²) in [5.41, 5.74) is 7.54. The van der Waals surface area contributed by atoms with E-state index in [-0.39, 0.29) is 11.8 Å². The number of rotatable bonds is 8.